The number of rotatable bonds is 6. The molecule has 0 radical (unpaired) electrons. The van der Waals surface area contributed by atoms with Crippen LogP contribution in [0.25, 0.3) is 0 Å². The van der Waals surface area contributed by atoms with E-state index in [1.54, 1.807) is 0 Å². The highest BCUT2D eigenvalue weighted by molar-refractivity contribution is 5.81. The zero-order valence-corrected chi connectivity index (χ0v) is 7.54. The second-order valence-electron chi connectivity index (χ2n) is 3.03. The number of aliphatic hydroxyl groups is 1. The van der Waals surface area contributed by atoms with E-state index < -0.39 is 42.7 Å². The van der Waals surface area contributed by atoms with Crippen LogP contribution in [0.3, 0.4) is 0 Å². The molecule has 0 aliphatic carbocycles. The van der Waals surface area contributed by atoms with Crippen LogP contribution in [0.2, 0.25) is 0 Å². The van der Waals surface area contributed by atoms with Crippen LogP contribution in [-0.4, -0.2) is 38.8 Å². The van der Waals surface area contributed by atoms with E-state index in [9.17, 15) is 24.4 Å². The summed E-state index contributed by atoms with van der Waals surface area (Å²) < 4.78 is 0. The standard InChI is InChI=1S/C7H9NO7/c9-4(8-15)1-7(14,2-5(10)11)3-6(12)13/h14H,1-3H2,(H,10,11)(H,12,13). The molecule has 0 saturated heterocycles. The summed E-state index contributed by atoms with van der Waals surface area (Å²) in [6.45, 7) is 0. The SMILES string of the molecule is O=NC(=O)CC(O)(CC(=O)O)CC(=O)O. The first kappa shape index (κ1) is 13.2. The molecule has 8 nitrogen and oxygen atoms in total. The Morgan fingerprint density at radius 2 is 1.40 bits per heavy atom. The van der Waals surface area contributed by atoms with Crippen molar-refractivity contribution in [2.75, 3.05) is 0 Å². The molecule has 0 fully saturated rings. The van der Waals surface area contributed by atoms with E-state index in [2.05, 4.69) is 0 Å². The summed E-state index contributed by atoms with van der Waals surface area (Å²) in [6, 6.07) is 0. The van der Waals surface area contributed by atoms with E-state index in [0.29, 0.717) is 0 Å². The van der Waals surface area contributed by atoms with Crippen LogP contribution >= 0.6 is 0 Å². The van der Waals surface area contributed by atoms with Crippen molar-refractivity contribution in [2.45, 2.75) is 24.9 Å². The summed E-state index contributed by atoms with van der Waals surface area (Å²) in [6.07, 6.45) is -2.81. The molecule has 3 N–H and O–H groups in total. The first-order valence-electron chi connectivity index (χ1n) is 3.81. The number of amides is 1. The van der Waals surface area contributed by atoms with E-state index in [1.807, 2.05) is 5.18 Å². The van der Waals surface area contributed by atoms with Crippen LogP contribution in [0.4, 0.5) is 0 Å². The van der Waals surface area contributed by atoms with E-state index in [4.69, 9.17) is 10.2 Å². The fourth-order valence-corrected chi connectivity index (χ4v) is 1.06. The first-order chi connectivity index (χ1) is 6.79. The number of carbonyl (C=O) groups excluding carboxylic acids is 1. The van der Waals surface area contributed by atoms with Crippen LogP contribution in [0.5, 0.6) is 0 Å². The molecule has 1 amide bonds. The molecule has 8 heteroatoms. The number of carboxylic acids is 2. The second kappa shape index (κ2) is 5.15. The van der Waals surface area contributed by atoms with Crippen LogP contribution < -0.4 is 0 Å². The van der Waals surface area contributed by atoms with E-state index in [-0.39, 0.29) is 0 Å². The third-order valence-electron chi connectivity index (χ3n) is 1.54. The highest BCUT2D eigenvalue weighted by Gasteiger charge is 2.35. The minimum absolute atomic E-state index is 0.922. The molecule has 0 bridgehead atoms. The Morgan fingerprint density at radius 1 is 1.00 bits per heavy atom. The number of carboxylic acid groups (broad SMARTS) is 2. The van der Waals surface area contributed by atoms with Gasteiger partial charge in [-0.05, 0) is 0 Å². The Morgan fingerprint density at radius 3 is 1.67 bits per heavy atom. The molecular weight excluding hydrogens is 210 g/mol. The van der Waals surface area contributed by atoms with Crippen molar-refractivity contribution in [3.8, 4) is 0 Å². The molecule has 0 atom stereocenters. The van der Waals surface area contributed by atoms with Gasteiger partial charge in [0.2, 0.25) is 0 Å². The van der Waals surface area contributed by atoms with Crippen LogP contribution in [0, 0.1) is 4.91 Å². The summed E-state index contributed by atoms with van der Waals surface area (Å²) in [4.78, 5) is 40.9. The van der Waals surface area contributed by atoms with Crippen LogP contribution in [-0.2, 0) is 14.4 Å². The van der Waals surface area contributed by atoms with Gasteiger partial charge in [-0.2, -0.15) is 0 Å². The normalized spacial score (nSPS) is 10.7. The smallest absolute Gasteiger partial charge is 0.306 e. The molecule has 0 aromatic carbocycles. The van der Waals surface area contributed by atoms with Crippen molar-refractivity contribution in [2.24, 2.45) is 5.18 Å². The highest BCUT2D eigenvalue weighted by atomic mass is 16.4. The number of carbonyl (C=O) groups is 3. The van der Waals surface area contributed by atoms with Gasteiger partial charge in [-0.1, -0.05) is 0 Å². The third-order valence-corrected chi connectivity index (χ3v) is 1.54. The topological polar surface area (TPSA) is 141 Å². The Kier molecular flexibility index (Phi) is 4.52. The maximum absolute atomic E-state index is 10.6. The highest BCUT2D eigenvalue weighted by Crippen LogP contribution is 2.20. The van der Waals surface area contributed by atoms with Gasteiger partial charge in [0.1, 0.15) is 0 Å². The molecule has 0 aliphatic heterocycles. The summed E-state index contributed by atoms with van der Waals surface area (Å²) in [5, 5.41) is 28.2. The lowest BCUT2D eigenvalue weighted by atomic mass is 9.91. The lowest BCUT2D eigenvalue weighted by Gasteiger charge is -2.21. The van der Waals surface area contributed by atoms with Crippen molar-refractivity contribution >= 4 is 17.8 Å². The zero-order chi connectivity index (χ0) is 12.1. The van der Waals surface area contributed by atoms with Gasteiger partial charge in [0, 0.05) is 5.18 Å². The van der Waals surface area contributed by atoms with Gasteiger partial charge in [0.25, 0.3) is 5.91 Å². The monoisotopic (exact) mass is 219 g/mol. The molecule has 0 saturated carbocycles. The van der Waals surface area contributed by atoms with Gasteiger partial charge < -0.3 is 15.3 Å². The average molecular weight is 219 g/mol. The third kappa shape index (κ3) is 5.47. The fourth-order valence-electron chi connectivity index (χ4n) is 1.06. The molecule has 0 aromatic heterocycles. The van der Waals surface area contributed by atoms with Gasteiger partial charge in [-0.25, -0.2) is 0 Å². The Bertz CT molecular complexity index is 282. The summed E-state index contributed by atoms with van der Waals surface area (Å²) in [7, 11) is 0. The fraction of sp³-hybridized carbons (Fsp3) is 0.571. The molecule has 84 valence electrons. The molecule has 0 aromatic rings. The second-order valence-corrected chi connectivity index (χ2v) is 3.03. The van der Waals surface area contributed by atoms with Crippen LogP contribution in [0.15, 0.2) is 5.18 Å². The van der Waals surface area contributed by atoms with Crippen molar-refractivity contribution in [3.05, 3.63) is 4.91 Å². The summed E-state index contributed by atoms with van der Waals surface area (Å²) >= 11 is 0. The maximum atomic E-state index is 10.6. The molecule has 15 heavy (non-hydrogen) atoms. The summed E-state index contributed by atoms with van der Waals surface area (Å²) in [5.41, 5.74) is -2.28. The van der Waals surface area contributed by atoms with Gasteiger partial charge >= 0.3 is 11.9 Å². The summed E-state index contributed by atoms with van der Waals surface area (Å²) in [5.74, 6) is -4.24. The van der Waals surface area contributed by atoms with E-state index >= 15 is 0 Å². The van der Waals surface area contributed by atoms with Crippen molar-refractivity contribution in [1.29, 1.82) is 0 Å². The molecule has 0 unspecified atom stereocenters. The molecule has 0 heterocycles. The van der Waals surface area contributed by atoms with Crippen LogP contribution in [0.1, 0.15) is 19.3 Å². The number of nitrogens with zero attached hydrogens (tertiary/aromatic N) is 1. The lowest BCUT2D eigenvalue weighted by Crippen LogP contribution is -2.36. The number of hydrogen-bond acceptors (Lipinski definition) is 5. The van der Waals surface area contributed by atoms with Crippen molar-refractivity contribution in [1.82, 2.24) is 0 Å². The molecule has 0 aliphatic rings. The predicted octanol–water partition coefficient (Wildman–Crippen LogP) is -0.650. The Labute approximate surface area is 83.5 Å². The molecule has 0 spiro atoms. The zero-order valence-electron chi connectivity index (χ0n) is 7.54. The Balaban J connectivity index is 4.67. The minimum atomic E-state index is -2.28. The minimum Gasteiger partial charge on any atom is -0.481 e. The molecular formula is C7H9NO7. The van der Waals surface area contributed by atoms with Crippen molar-refractivity contribution < 1.29 is 29.7 Å². The predicted molar refractivity (Wildman–Crippen MR) is 44.9 cm³/mol. The van der Waals surface area contributed by atoms with Gasteiger partial charge in [0.05, 0.1) is 24.9 Å². The van der Waals surface area contributed by atoms with Crippen molar-refractivity contribution in [3.63, 3.8) is 0 Å². The first-order valence-corrected chi connectivity index (χ1v) is 3.81. The lowest BCUT2D eigenvalue weighted by molar-refractivity contribution is -0.149. The quantitative estimate of drug-likeness (QED) is 0.504. The maximum Gasteiger partial charge on any atom is 0.306 e. The number of nitroso groups, excluding NO2 is 1. The number of aliphatic carboxylic acids is 2. The van der Waals surface area contributed by atoms with Gasteiger partial charge in [-0.15, -0.1) is 4.91 Å². The van der Waals surface area contributed by atoms with E-state index in [1.165, 1.54) is 0 Å². The molecule has 0 rings (SSSR count). The average Bonchev–Trinajstić information content (AvgIpc) is 1.99. The van der Waals surface area contributed by atoms with Gasteiger partial charge in [-0.3, -0.25) is 14.4 Å². The Hall–Kier alpha value is -1.83. The van der Waals surface area contributed by atoms with E-state index in [0.717, 1.165) is 0 Å². The van der Waals surface area contributed by atoms with Gasteiger partial charge in [0.15, 0.2) is 0 Å². The largest absolute Gasteiger partial charge is 0.481 e. The number of hydrogen-bond donors (Lipinski definition) is 3.